The van der Waals surface area contributed by atoms with Gasteiger partial charge in [0.15, 0.2) is 0 Å². The number of halogens is 1. The van der Waals surface area contributed by atoms with Crippen molar-refractivity contribution >= 4 is 45.2 Å². The van der Waals surface area contributed by atoms with E-state index in [0.29, 0.717) is 0 Å². The Bertz CT molecular complexity index is 759. The molecule has 0 aliphatic carbocycles. The Hall–Kier alpha value is -2.95. The van der Waals surface area contributed by atoms with Crippen LogP contribution in [0.15, 0.2) is 28.4 Å². The number of benzene rings is 1. The molecule has 0 aliphatic heterocycles. The van der Waals surface area contributed by atoms with Crippen LogP contribution in [0.4, 0.5) is 11.4 Å². The monoisotopic (exact) mass is 416 g/mol. The fourth-order valence-electron chi connectivity index (χ4n) is 1.66. The molecule has 25 heavy (non-hydrogen) atoms. The first-order valence-electron chi connectivity index (χ1n) is 6.46. The van der Waals surface area contributed by atoms with Crippen molar-refractivity contribution in [2.24, 2.45) is 0 Å². The topological polar surface area (TPSA) is 134 Å². The third-order valence-corrected chi connectivity index (χ3v) is 3.48. The molecule has 1 rings (SSSR count). The molecule has 1 N–H and O–H groups in total. The maximum atomic E-state index is 11.8. The molecule has 11 heteroatoms. The van der Waals surface area contributed by atoms with Crippen molar-refractivity contribution in [3.63, 3.8) is 0 Å². The molecular formula is C14H13BrN2O8. The molecule has 10 nitrogen and oxygen atoms in total. The van der Waals surface area contributed by atoms with E-state index in [0.717, 1.165) is 39.5 Å². The number of nitro groups is 1. The van der Waals surface area contributed by atoms with Crippen LogP contribution in [0.1, 0.15) is 10.4 Å². The first kappa shape index (κ1) is 20.1. The molecule has 0 amide bonds. The van der Waals surface area contributed by atoms with E-state index in [2.05, 4.69) is 35.5 Å². The van der Waals surface area contributed by atoms with Gasteiger partial charge in [0.1, 0.15) is 11.3 Å². The maximum Gasteiger partial charge on any atom is 0.354 e. The molecule has 0 atom stereocenters. The fourth-order valence-corrected chi connectivity index (χ4v) is 2.09. The second-order valence-electron chi connectivity index (χ2n) is 4.30. The number of methoxy groups -OCH3 is 3. The van der Waals surface area contributed by atoms with Crippen molar-refractivity contribution in [3.8, 4) is 0 Å². The van der Waals surface area contributed by atoms with Crippen LogP contribution in [-0.4, -0.2) is 44.2 Å². The summed E-state index contributed by atoms with van der Waals surface area (Å²) in [6.07, 6.45) is 0.831. The molecule has 1 aromatic carbocycles. The zero-order valence-electron chi connectivity index (χ0n) is 13.3. The highest BCUT2D eigenvalue weighted by Gasteiger charge is 2.24. The summed E-state index contributed by atoms with van der Waals surface area (Å²) in [4.78, 5) is 45.2. The average Bonchev–Trinajstić information content (AvgIpc) is 2.60. The molecule has 1 aromatic rings. The van der Waals surface area contributed by atoms with Crippen LogP contribution < -0.4 is 5.32 Å². The van der Waals surface area contributed by atoms with Crippen molar-refractivity contribution in [2.75, 3.05) is 26.6 Å². The van der Waals surface area contributed by atoms with Gasteiger partial charge in [-0.25, -0.2) is 14.4 Å². The van der Waals surface area contributed by atoms with E-state index in [1.807, 2.05) is 0 Å². The zero-order chi connectivity index (χ0) is 19.1. The predicted octanol–water partition coefficient (Wildman–Crippen LogP) is 1.79. The van der Waals surface area contributed by atoms with Crippen LogP contribution in [0.5, 0.6) is 0 Å². The SMILES string of the molecule is COC(=O)/C=C(/Nc1cc(C(=O)OC)c([N+](=O)[O-])cc1Br)C(=O)OC. The smallest absolute Gasteiger partial charge is 0.354 e. The molecule has 0 saturated heterocycles. The first-order valence-corrected chi connectivity index (χ1v) is 7.25. The lowest BCUT2D eigenvalue weighted by atomic mass is 10.1. The van der Waals surface area contributed by atoms with Crippen LogP contribution in [-0.2, 0) is 23.8 Å². The van der Waals surface area contributed by atoms with Gasteiger partial charge >= 0.3 is 17.9 Å². The van der Waals surface area contributed by atoms with E-state index in [1.165, 1.54) is 0 Å². The van der Waals surface area contributed by atoms with E-state index >= 15 is 0 Å². The van der Waals surface area contributed by atoms with Gasteiger partial charge in [-0.2, -0.15) is 0 Å². The molecule has 0 bridgehead atoms. The minimum atomic E-state index is -0.946. The van der Waals surface area contributed by atoms with Crippen LogP contribution in [0.25, 0.3) is 0 Å². The predicted molar refractivity (Wildman–Crippen MR) is 87.9 cm³/mol. The lowest BCUT2D eigenvalue weighted by Crippen LogP contribution is -2.16. The second-order valence-corrected chi connectivity index (χ2v) is 5.15. The number of nitrogens with zero attached hydrogens (tertiary/aromatic N) is 1. The lowest BCUT2D eigenvalue weighted by molar-refractivity contribution is -0.385. The highest BCUT2D eigenvalue weighted by Crippen LogP contribution is 2.32. The second kappa shape index (κ2) is 8.78. The number of nitrogens with one attached hydrogen (secondary N) is 1. The number of carbonyl (C=O) groups excluding carboxylic acids is 3. The van der Waals surface area contributed by atoms with Crippen LogP contribution in [0, 0.1) is 10.1 Å². The number of nitro benzene ring substituents is 1. The van der Waals surface area contributed by atoms with E-state index in [1.54, 1.807) is 0 Å². The van der Waals surface area contributed by atoms with E-state index in [9.17, 15) is 24.5 Å². The quantitative estimate of drug-likeness (QED) is 0.242. The number of hydrogen-bond acceptors (Lipinski definition) is 9. The summed E-state index contributed by atoms with van der Waals surface area (Å²) in [5, 5.41) is 13.6. The Kier molecular flexibility index (Phi) is 7.06. The number of rotatable bonds is 6. The molecule has 134 valence electrons. The summed E-state index contributed by atoms with van der Waals surface area (Å²) >= 11 is 3.09. The Morgan fingerprint density at radius 3 is 2.28 bits per heavy atom. The number of carbonyl (C=O) groups is 3. The molecule has 0 spiro atoms. The molecule has 0 unspecified atom stereocenters. The lowest BCUT2D eigenvalue weighted by Gasteiger charge is -2.12. The van der Waals surface area contributed by atoms with Crippen molar-refractivity contribution in [1.29, 1.82) is 0 Å². The minimum Gasteiger partial charge on any atom is -0.466 e. The van der Waals surface area contributed by atoms with Crippen molar-refractivity contribution < 1.29 is 33.5 Å². The molecule has 0 fully saturated rings. The summed E-state index contributed by atoms with van der Waals surface area (Å²) in [6, 6.07) is 2.16. The standard InChI is InChI=1S/C14H13BrN2O8/c1-23-12(18)6-10(14(20)25-3)16-9-4-7(13(19)24-2)11(17(21)22)5-8(9)15/h4-6,16H,1-3H3/b10-6+. The van der Waals surface area contributed by atoms with Gasteiger partial charge in [0.2, 0.25) is 0 Å². The third kappa shape index (κ3) is 5.01. The van der Waals surface area contributed by atoms with Gasteiger partial charge < -0.3 is 19.5 Å². The molecule has 0 aromatic heterocycles. The first-order chi connectivity index (χ1) is 11.7. The van der Waals surface area contributed by atoms with Crippen molar-refractivity contribution in [1.82, 2.24) is 0 Å². The van der Waals surface area contributed by atoms with Gasteiger partial charge in [0.25, 0.3) is 5.69 Å². The summed E-state index contributed by atoms with van der Waals surface area (Å²) in [7, 11) is 3.28. The van der Waals surface area contributed by atoms with Gasteiger partial charge in [0.05, 0.1) is 38.0 Å². The van der Waals surface area contributed by atoms with Crippen LogP contribution in [0.2, 0.25) is 0 Å². The van der Waals surface area contributed by atoms with E-state index < -0.39 is 28.5 Å². The van der Waals surface area contributed by atoms with Gasteiger partial charge in [-0.05, 0) is 22.0 Å². The van der Waals surface area contributed by atoms with E-state index in [-0.39, 0.29) is 21.4 Å². The Labute approximate surface area is 150 Å². The Morgan fingerprint density at radius 1 is 1.16 bits per heavy atom. The summed E-state index contributed by atoms with van der Waals surface area (Å²) in [5.74, 6) is -2.67. The van der Waals surface area contributed by atoms with Gasteiger partial charge in [0, 0.05) is 10.5 Å². The molecule has 0 saturated carbocycles. The van der Waals surface area contributed by atoms with Crippen molar-refractivity contribution in [2.45, 2.75) is 0 Å². The normalized spacial score (nSPS) is 10.6. The summed E-state index contributed by atoms with van der Waals surface area (Å²) in [6.45, 7) is 0. The molecule has 0 aliphatic rings. The number of ether oxygens (including phenoxy) is 3. The largest absolute Gasteiger partial charge is 0.466 e. The fraction of sp³-hybridized carbons (Fsp3) is 0.214. The van der Waals surface area contributed by atoms with Gasteiger partial charge in [-0.1, -0.05) is 0 Å². The molecule has 0 radical (unpaired) electrons. The zero-order valence-corrected chi connectivity index (χ0v) is 14.9. The van der Waals surface area contributed by atoms with Crippen LogP contribution in [0.3, 0.4) is 0 Å². The van der Waals surface area contributed by atoms with Crippen molar-refractivity contribution in [3.05, 3.63) is 44.1 Å². The molecular weight excluding hydrogens is 404 g/mol. The van der Waals surface area contributed by atoms with Crippen LogP contribution >= 0.6 is 15.9 Å². The van der Waals surface area contributed by atoms with Gasteiger partial charge in [-0.3, -0.25) is 10.1 Å². The number of esters is 3. The Balaban J connectivity index is 3.42. The Morgan fingerprint density at radius 2 is 1.80 bits per heavy atom. The summed E-state index contributed by atoms with van der Waals surface area (Å²) < 4.78 is 13.6. The maximum absolute atomic E-state index is 11.8. The third-order valence-electron chi connectivity index (χ3n) is 2.83. The summed E-state index contributed by atoms with van der Waals surface area (Å²) in [5.41, 5.74) is -1.06. The average molecular weight is 417 g/mol. The van der Waals surface area contributed by atoms with E-state index in [4.69, 9.17) is 0 Å². The number of anilines is 1. The number of hydrogen-bond donors (Lipinski definition) is 1. The molecule has 0 heterocycles. The highest BCUT2D eigenvalue weighted by atomic mass is 79.9. The minimum absolute atomic E-state index is 0.0894. The highest BCUT2D eigenvalue weighted by molar-refractivity contribution is 9.10. The van der Waals surface area contributed by atoms with Gasteiger partial charge in [-0.15, -0.1) is 0 Å².